The summed E-state index contributed by atoms with van der Waals surface area (Å²) >= 11 is 0. The van der Waals surface area contributed by atoms with Crippen LogP contribution in [0.15, 0.2) is 24.3 Å². The van der Waals surface area contributed by atoms with Gasteiger partial charge in [-0.2, -0.15) is 26.3 Å². The Bertz CT molecular complexity index is 3490. The lowest BCUT2D eigenvalue weighted by molar-refractivity contribution is 0.237. The van der Waals surface area contributed by atoms with E-state index in [1.54, 1.807) is 0 Å². The summed E-state index contributed by atoms with van der Waals surface area (Å²) in [5.74, 6) is -39.4. The van der Waals surface area contributed by atoms with Crippen LogP contribution in [-0.2, 0) is 6.42 Å². The predicted molar refractivity (Wildman–Crippen MR) is 290 cm³/mol. The number of aromatic nitrogens is 4. The molecule has 466 valence electrons. The van der Waals surface area contributed by atoms with E-state index < -0.39 is 251 Å². The Morgan fingerprint density at radius 3 is 0.773 bits per heavy atom. The third-order valence-corrected chi connectivity index (χ3v) is 14.3. The SMILES string of the molecule is OCCCCCc1c(F)c(F)c(-c2c3nc(c(-c4c(F)c(F)c(OCCCCO)c(F)c4F)c4ccc([nH]4)c(-c4c(F)c(F)c(OCCCCO)c(F)c4F)c4nc(c(-c5c(F)c(F)c(OCCCCO)c(F)c5F)c5ccc2[nH]5)C=C4)C=C3)c(F)c1F. The minimum absolute atomic E-state index is 0.0125. The highest BCUT2D eigenvalue weighted by atomic mass is 19.2. The van der Waals surface area contributed by atoms with Crippen molar-refractivity contribution in [3.63, 3.8) is 0 Å². The summed E-state index contributed by atoms with van der Waals surface area (Å²) in [6.07, 6.45) is 2.47. The Kier molecular flexibility index (Phi) is 19.9. The molecule has 27 heteroatoms. The predicted octanol–water partition coefficient (Wildman–Crippen LogP) is 14.7. The lowest BCUT2D eigenvalue weighted by atomic mass is 9.97. The molecule has 0 radical (unpaired) electrons. The molecule has 6 N–H and O–H groups in total. The minimum Gasteiger partial charge on any atom is -0.487 e. The van der Waals surface area contributed by atoms with Crippen molar-refractivity contribution < 1.29 is 105 Å². The number of nitrogens with zero attached hydrogens (tertiary/aromatic N) is 2. The number of hydrogen-bond donors (Lipinski definition) is 6. The van der Waals surface area contributed by atoms with Gasteiger partial charge in [0.1, 0.15) is 0 Å². The van der Waals surface area contributed by atoms with Gasteiger partial charge in [0.2, 0.25) is 34.9 Å². The summed E-state index contributed by atoms with van der Waals surface area (Å²) in [4.78, 5) is 13.6. The van der Waals surface area contributed by atoms with Gasteiger partial charge in [0.05, 0.1) is 64.9 Å². The van der Waals surface area contributed by atoms with Crippen LogP contribution >= 0.6 is 0 Å². The molecule has 4 aromatic carbocycles. The Morgan fingerprint density at radius 1 is 0.284 bits per heavy atom. The van der Waals surface area contributed by atoms with Crippen molar-refractivity contribution in [3.8, 4) is 61.8 Å². The molecule has 3 aromatic heterocycles. The summed E-state index contributed by atoms with van der Waals surface area (Å²) in [5, 5.41) is 36.8. The molecule has 0 saturated carbocycles. The summed E-state index contributed by atoms with van der Waals surface area (Å²) < 4.78 is 280. The molecule has 2 aliphatic heterocycles. The van der Waals surface area contributed by atoms with Gasteiger partial charge in [-0.05, 0) is 106 Å². The third-order valence-electron chi connectivity index (χ3n) is 14.3. The molecule has 0 amide bonds. The molecule has 0 spiro atoms. The number of aliphatic hydroxyl groups is 4. The van der Waals surface area contributed by atoms with Crippen molar-refractivity contribution in [3.05, 3.63) is 146 Å². The van der Waals surface area contributed by atoms with E-state index in [4.69, 9.17) is 14.2 Å². The molecule has 0 atom stereocenters. The molecular formula is C61H48F16N4O7. The van der Waals surface area contributed by atoms with Crippen molar-refractivity contribution in [1.82, 2.24) is 19.9 Å². The zero-order chi connectivity index (χ0) is 63.4. The number of benzene rings is 4. The van der Waals surface area contributed by atoms with E-state index in [1.807, 2.05) is 0 Å². The van der Waals surface area contributed by atoms with E-state index in [-0.39, 0.29) is 64.4 Å². The van der Waals surface area contributed by atoms with E-state index in [2.05, 4.69) is 19.9 Å². The standard InChI is InChI=1S/C61H48F16N4O7/c62-43-26(10-2-1-3-19-82)44(63)46(65)39(45(43)64)35-27-11-13-29(78-27)36(40-47(66)53(72)59(54(73)48(40)67)86-23-7-4-20-83)31-15-17-33(80-31)38(42-51(70)57(76)61(58(77)52(42)71)88-25-9-6-22-85)34-18-16-32(81-34)37(30-14-12-28(35)79-30)41-49(68)55(74)60(56(75)50(41)69)87-24-8-5-21-84/h11-18,78,81-85H,1-10,19-25H2. The van der Waals surface area contributed by atoms with Crippen LogP contribution < -0.4 is 14.2 Å². The van der Waals surface area contributed by atoms with Crippen LogP contribution in [0.2, 0.25) is 0 Å². The number of ether oxygens (including phenoxy) is 3. The second-order valence-corrected chi connectivity index (χ2v) is 19.9. The molecule has 0 aliphatic carbocycles. The number of aliphatic hydroxyl groups excluding tert-OH is 4. The number of H-pyrrole nitrogens is 2. The Morgan fingerprint density at radius 2 is 0.523 bits per heavy atom. The highest BCUT2D eigenvalue weighted by Gasteiger charge is 2.36. The average molecular weight is 1250 g/mol. The van der Waals surface area contributed by atoms with Crippen molar-refractivity contribution in [2.75, 3.05) is 46.2 Å². The van der Waals surface area contributed by atoms with Crippen LogP contribution in [-0.4, -0.2) is 86.6 Å². The van der Waals surface area contributed by atoms with Crippen molar-refractivity contribution >= 4 is 46.4 Å². The maximum atomic E-state index is 16.9. The molecule has 2 aliphatic rings. The number of nitrogens with one attached hydrogen (secondary N) is 2. The average Bonchev–Trinajstić information content (AvgIpc) is 1.58. The second-order valence-electron chi connectivity index (χ2n) is 19.9. The highest BCUT2D eigenvalue weighted by Crippen LogP contribution is 2.47. The topological polar surface area (TPSA) is 166 Å². The van der Waals surface area contributed by atoms with Crippen LogP contribution in [0.5, 0.6) is 17.2 Å². The number of halogens is 16. The van der Waals surface area contributed by atoms with E-state index in [0.29, 0.717) is 0 Å². The van der Waals surface area contributed by atoms with Gasteiger partial charge >= 0.3 is 0 Å². The molecule has 0 fully saturated rings. The first kappa shape index (κ1) is 64.1. The van der Waals surface area contributed by atoms with Crippen molar-refractivity contribution in [2.24, 2.45) is 0 Å². The largest absolute Gasteiger partial charge is 0.487 e. The Labute approximate surface area is 487 Å². The van der Waals surface area contributed by atoms with Crippen LogP contribution in [0.25, 0.3) is 90.9 Å². The van der Waals surface area contributed by atoms with E-state index in [9.17, 15) is 20.4 Å². The fraction of sp³-hybridized carbons (Fsp3) is 0.279. The van der Waals surface area contributed by atoms with Crippen molar-refractivity contribution in [2.45, 2.75) is 64.2 Å². The van der Waals surface area contributed by atoms with Gasteiger partial charge in [-0.3, -0.25) is 0 Å². The molecule has 9 rings (SSSR count). The molecule has 8 bridgehead atoms. The summed E-state index contributed by atoms with van der Waals surface area (Å²) in [7, 11) is 0. The molecular weight excluding hydrogens is 1200 g/mol. The first-order chi connectivity index (χ1) is 42.2. The van der Waals surface area contributed by atoms with Gasteiger partial charge in [-0.25, -0.2) is 53.9 Å². The van der Waals surface area contributed by atoms with Gasteiger partial charge in [-0.15, -0.1) is 0 Å². The second kappa shape index (κ2) is 27.3. The molecule has 0 saturated heterocycles. The maximum Gasteiger partial charge on any atom is 0.204 e. The smallest absolute Gasteiger partial charge is 0.204 e. The zero-order valence-corrected chi connectivity index (χ0v) is 45.6. The maximum absolute atomic E-state index is 16.9. The quantitative estimate of drug-likeness (QED) is 0.0196. The van der Waals surface area contributed by atoms with E-state index in [0.717, 1.165) is 48.6 Å². The molecule has 5 heterocycles. The van der Waals surface area contributed by atoms with E-state index >= 15 is 70.2 Å². The summed E-state index contributed by atoms with van der Waals surface area (Å²) in [5.41, 5.74) is -18.4. The van der Waals surface area contributed by atoms with Gasteiger partial charge < -0.3 is 44.6 Å². The normalized spacial score (nSPS) is 12.1. The number of fused-ring (bicyclic) bond motifs is 8. The number of rotatable bonds is 24. The minimum atomic E-state index is -2.23. The first-order valence-electron chi connectivity index (χ1n) is 27.2. The van der Waals surface area contributed by atoms with E-state index in [1.165, 1.54) is 0 Å². The number of hydrogen-bond acceptors (Lipinski definition) is 9. The fourth-order valence-electron chi connectivity index (χ4n) is 10.0. The Hall–Kier alpha value is -8.40. The number of aromatic amines is 2. The third kappa shape index (κ3) is 11.9. The lowest BCUT2D eigenvalue weighted by Crippen LogP contribution is -2.09. The fourth-order valence-corrected chi connectivity index (χ4v) is 10.0. The molecule has 7 aromatic rings. The summed E-state index contributed by atoms with van der Waals surface area (Å²) in [6, 6.07) is 3.26. The van der Waals surface area contributed by atoms with Gasteiger partial charge in [-0.1, -0.05) is 6.42 Å². The van der Waals surface area contributed by atoms with Gasteiger partial charge in [0, 0.05) is 76.3 Å². The molecule has 11 nitrogen and oxygen atoms in total. The van der Waals surface area contributed by atoms with Crippen LogP contribution in [0.4, 0.5) is 70.2 Å². The van der Waals surface area contributed by atoms with Crippen LogP contribution in [0.3, 0.4) is 0 Å². The monoisotopic (exact) mass is 1250 g/mol. The molecule has 88 heavy (non-hydrogen) atoms. The summed E-state index contributed by atoms with van der Waals surface area (Å²) in [6.45, 7) is -3.37. The Balaban J connectivity index is 1.48. The van der Waals surface area contributed by atoms with Gasteiger partial charge in [0.25, 0.3) is 0 Å². The van der Waals surface area contributed by atoms with Crippen molar-refractivity contribution in [1.29, 1.82) is 0 Å². The molecule has 0 unspecified atom stereocenters. The zero-order valence-electron chi connectivity index (χ0n) is 45.6. The van der Waals surface area contributed by atoms with Crippen LogP contribution in [0, 0.1) is 93.1 Å². The van der Waals surface area contributed by atoms with Gasteiger partial charge in [0.15, 0.2) is 75.4 Å². The lowest BCUT2D eigenvalue weighted by Gasteiger charge is -2.15. The van der Waals surface area contributed by atoms with Crippen LogP contribution in [0.1, 0.15) is 86.1 Å². The first-order valence-corrected chi connectivity index (χ1v) is 27.2. The highest BCUT2D eigenvalue weighted by molar-refractivity contribution is 6.00. The number of unbranched alkanes of at least 4 members (excludes halogenated alkanes) is 5.